The number of hydrogen-bond donors (Lipinski definition) is 2. The number of hydrogen-bond acceptors (Lipinski definition) is 4. The van der Waals surface area contributed by atoms with Crippen molar-refractivity contribution in [2.24, 2.45) is 0 Å². The van der Waals surface area contributed by atoms with E-state index in [9.17, 15) is 9.59 Å². The minimum absolute atomic E-state index is 0.136. The van der Waals surface area contributed by atoms with Gasteiger partial charge in [-0.1, -0.05) is 17.7 Å². The molecule has 2 aromatic rings. The number of methoxy groups -OCH3 is 1. The highest BCUT2D eigenvalue weighted by Gasteiger charge is 2.17. The fourth-order valence-electron chi connectivity index (χ4n) is 2.27. The molecule has 0 spiro atoms. The lowest BCUT2D eigenvalue weighted by atomic mass is 10.2. The zero-order valence-electron chi connectivity index (χ0n) is 15.1. The van der Waals surface area contributed by atoms with E-state index in [-0.39, 0.29) is 17.1 Å². The smallest absolute Gasteiger partial charge is 0.237 e. The van der Waals surface area contributed by atoms with Crippen molar-refractivity contribution in [1.29, 1.82) is 0 Å². The lowest BCUT2D eigenvalue weighted by molar-refractivity contribution is -0.115. The molecule has 0 saturated carbocycles. The summed E-state index contributed by atoms with van der Waals surface area (Å²) in [5.41, 5.74) is 2.13. The zero-order valence-corrected chi connectivity index (χ0v) is 16.6. The molecule has 0 bridgehead atoms. The van der Waals surface area contributed by atoms with Gasteiger partial charge in [-0.2, -0.15) is 0 Å². The van der Waals surface area contributed by atoms with Gasteiger partial charge in [0.05, 0.1) is 18.0 Å². The molecule has 7 heteroatoms. The van der Waals surface area contributed by atoms with Gasteiger partial charge in [0, 0.05) is 28.6 Å². The number of benzene rings is 2. The zero-order chi connectivity index (χ0) is 19.3. The average Bonchev–Trinajstić information content (AvgIpc) is 2.57. The Balaban J connectivity index is 2.09. The van der Waals surface area contributed by atoms with Crippen molar-refractivity contribution in [3.8, 4) is 5.75 Å². The van der Waals surface area contributed by atoms with Gasteiger partial charge < -0.3 is 15.4 Å². The van der Waals surface area contributed by atoms with Gasteiger partial charge in [0.1, 0.15) is 5.75 Å². The number of carbonyl (C=O) groups excluding carboxylic acids is 2. The third-order valence-electron chi connectivity index (χ3n) is 3.58. The van der Waals surface area contributed by atoms with Gasteiger partial charge in [-0.15, -0.1) is 11.8 Å². The van der Waals surface area contributed by atoms with E-state index in [2.05, 4.69) is 10.6 Å². The maximum atomic E-state index is 12.6. The molecule has 1 atom stereocenters. The summed E-state index contributed by atoms with van der Waals surface area (Å²) in [4.78, 5) is 24.6. The van der Waals surface area contributed by atoms with Crippen LogP contribution < -0.4 is 15.4 Å². The van der Waals surface area contributed by atoms with E-state index in [0.717, 1.165) is 10.5 Å². The normalized spacial score (nSPS) is 11.6. The summed E-state index contributed by atoms with van der Waals surface area (Å²) < 4.78 is 5.29. The van der Waals surface area contributed by atoms with Crippen LogP contribution in [0.15, 0.2) is 41.3 Å². The van der Waals surface area contributed by atoms with Crippen LogP contribution in [0.2, 0.25) is 5.02 Å². The van der Waals surface area contributed by atoms with Crippen molar-refractivity contribution in [3.63, 3.8) is 0 Å². The third kappa shape index (κ3) is 5.41. The first-order valence-corrected chi connectivity index (χ1v) is 9.25. The predicted octanol–water partition coefficient (Wildman–Crippen LogP) is 4.73. The molecule has 2 aromatic carbocycles. The molecule has 0 aliphatic rings. The number of ether oxygens (including phenoxy) is 1. The Labute approximate surface area is 162 Å². The fraction of sp³-hybridized carbons (Fsp3) is 0.263. The number of anilines is 2. The molecule has 0 aliphatic heterocycles. The quantitative estimate of drug-likeness (QED) is 0.697. The monoisotopic (exact) mass is 392 g/mol. The molecule has 2 N–H and O–H groups in total. The van der Waals surface area contributed by atoms with E-state index in [0.29, 0.717) is 22.1 Å². The second-order valence-corrected chi connectivity index (χ2v) is 7.58. The van der Waals surface area contributed by atoms with E-state index in [1.54, 1.807) is 18.2 Å². The Morgan fingerprint density at radius 2 is 1.92 bits per heavy atom. The second kappa shape index (κ2) is 8.96. The fourth-order valence-corrected chi connectivity index (χ4v) is 3.35. The van der Waals surface area contributed by atoms with Crippen molar-refractivity contribution in [3.05, 3.63) is 47.0 Å². The highest BCUT2D eigenvalue weighted by molar-refractivity contribution is 8.00. The van der Waals surface area contributed by atoms with Crippen LogP contribution in [0.3, 0.4) is 0 Å². The Morgan fingerprint density at radius 3 is 2.58 bits per heavy atom. The van der Waals surface area contributed by atoms with Crippen LogP contribution in [0.4, 0.5) is 11.4 Å². The Hall–Kier alpha value is -2.18. The van der Waals surface area contributed by atoms with E-state index in [1.165, 1.54) is 25.8 Å². The molecule has 0 heterocycles. The summed E-state index contributed by atoms with van der Waals surface area (Å²) in [5.74, 6) is 0.224. The average molecular weight is 393 g/mol. The third-order valence-corrected chi connectivity index (χ3v) is 5.08. The Bertz CT molecular complexity index is 826. The SMILES string of the molecule is COc1cc(Cl)c(C)cc1NC(=O)C(C)Sc1cccc(NC(C)=O)c1. The summed E-state index contributed by atoms with van der Waals surface area (Å²) in [6, 6.07) is 10.8. The highest BCUT2D eigenvalue weighted by Crippen LogP contribution is 2.32. The van der Waals surface area contributed by atoms with Gasteiger partial charge in [-0.05, 0) is 43.7 Å². The summed E-state index contributed by atoms with van der Waals surface area (Å²) >= 11 is 7.50. The number of aryl methyl sites for hydroxylation is 1. The van der Waals surface area contributed by atoms with Gasteiger partial charge in [-0.3, -0.25) is 9.59 Å². The molecular weight excluding hydrogens is 372 g/mol. The molecule has 2 rings (SSSR count). The van der Waals surface area contributed by atoms with Crippen molar-refractivity contribution >= 4 is 46.6 Å². The highest BCUT2D eigenvalue weighted by atomic mass is 35.5. The Morgan fingerprint density at radius 1 is 1.19 bits per heavy atom. The summed E-state index contributed by atoms with van der Waals surface area (Å²) in [6.07, 6.45) is 0. The molecule has 0 radical (unpaired) electrons. The summed E-state index contributed by atoms with van der Waals surface area (Å²) in [6.45, 7) is 5.14. The van der Waals surface area contributed by atoms with E-state index >= 15 is 0 Å². The van der Waals surface area contributed by atoms with Gasteiger partial charge in [0.25, 0.3) is 0 Å². The molecule has 26 heavy (non-hydrogen) atoms. The maximum absolute atomic E-state index is 12.6. The van der Waals surface area contributed by atoms with Crippen LogP contribution in [-0.4, -0.2) is 24.2 Å². The largest absolute Gasteiger partial charge is 0.495 e. The molecule has 1 unspecified atom stereocenters. The molecule has 5 nitrogen and oxygen atoms in total. The second-order valence-electron chi connectivity index (χ2n) is 5.76. The predicted molar refractivity (Wildman–Crippen MR) is 107 cm³/mol. The van der Waals surface area contributed by atoms with Crippen LogP contribution in [0.5, 0.6) is 5.75 Å². The molecule has 0 fully saturated rings. The summed E-state index contributed by atoms with van der Waals surface area (Å²) in [7, 11) is 1.53. The van der Waals surface area contributed by atoms with E-state index in [4.69, 9.17) is 16.3 Å². The lowest BCUT2D eigenvalue weighted by Crippen LogP contribution is -2.22. The van der Waals surface area contributed by atoms with Gasteiger partial charge >= 0.3 is 0 Å². The van der Waals surface area contributed by atoms with E-state index < -0.39 is 0 Å². The summed E-state index contributed by atoms with van der Waals surface area (Å²) in [5, 5.41) is 5.85. The molecule has 2 amide bonds. The number of nitrogens with one attached hydrogen (secondary N) is 2. The minimum Gasteiger partial charge on any atom is -0.495 e. The molecule has 138 valence electrons. The standard InChI is InChI=1S/C19H21ClN2O3S/c1-11-8-17(18(25-4)10-16(11)20)22-19(24)12(2)26-15-7-5-6-14(9-15)21-13(3)23/h5-10,12H,1-4H3,(H,21,23)(H,22,24). The molecule has 0 aromatic heterocycles. The van der Waals surface area contributed by atoms with Crippen LogP contribution in [0.25, 0.3) is 0 Å². The first-order valence-electron chi connectivity index (χ1n) is 7.99. The first kappa shape index (κ1) is 20.1. The Kier molecular flexibility index (Phi) is 6.94. The van der Waals surface area contributed by atoms with Crippen molar-refractivity contribution in [2.45, 2.75) is 30.9 Å². The van der Waals surface area contributed by atoms with Gasteiger partial charge in [-0.25, -0.2) is 0 Å². The number of amides is 2. The molecular formula is C19H21ClN2O3S. The number of rotatable bonds is 6. The van der Waals surface area contributed by atoms with Gasteiger partial charge in [0.2, 0.25) is 11.8 Å². The number of carbonyl (C=O) groups is 2. The number of halogens is 1. The number of thioether (sulfide) groups is 1. The van der Waals surface area contributed by atoms with Crippen LogP contribution >= 0.6 is 23.4 Å². The molecule has 0 saturated heterocycles. The van der Waals surface area contributed by atoms with Gasteiger partial charge in [0.15, 0.2) is 0 Å². The van der Waals surface area contributed by atoms with Crippen LogP contribution in [-0.2, 0) is 9.59 Å². The van der Waals surface area contributed by atoms with E-state index in [1.807, 2.05) is 32.0 Å². The lowest BCUT2D eigenvalue weighted by Gasteiger charge is -2.16. The van der Waals surface area contributed by atoms with Crippen LogP contribution in [0, 0.1) is 6.92 Å². The van der Waals surface area contributed by atoms with Crippen molar-refractivity contribution < 1.29 is 14.3 Å². The topological polar surface area (TPSA) is 67.4 Å². The maximum Gasteiger partial charge on any atom is 0.237 e. The molecule has 0 aliphatic carbocycles. The van der Waals surface area contributed by atoms with Crippen molar-refractivity contribution in [2.75, 3.05) is 17.7 Å². The first-order chi connectivity index (χ1) is 12.3. The minimum atomic E-state index is -0.344. The van der Waals surface area contributed by atoms with Crippen LogP contribution in [0.1, 0.15) is 19.4 Å². The van der Waals surface area contributed by atoms with Crippen molar-refractivity contribution in [1.82, 2.24) is 0 Å².